The third-order valence-corrected chi connectivity index (χ3v) is 6.90. The van der Waals surface area contributed by atoms with Crippen LogP contribution in [0.2, 0.25) is 20.4 Å². The number of benzene rings is 2. The van der Waals surface area contributed by atoms with Gasteiger partial charge in [0.1, 0.15) is 12.2 Å². The van der Waals surface area contributed by atoms with E-state index in [-0.39, 0.29) is 17.5 Å². The fourth-order valence-electron chi connectivity index (χ4n) is 3.90. The lowest BCUT2D eigenvalue weighted by atomic mass is 10.1. The van der Waals surface area contributed by atoms with Gasteiger partial charge >= 0.3 is 0 Å². The van der Waals surface area contributed by atoms with Gasteiger partial charge in [-0.15, -0.1) is 5.10 Å². The molecule has 5 rings (SSSR count). The molecule has 0 fully saturated rings. The van der Waals surface area contributed by atoms with E-state index in [1.54, 1.807) is 22.8 Å². The number of halogens is 4. The molecule has 4 aromatic rings. The molecule has 0 spiro atoms. The normalized spacial score (nSPS) is 15.0. The van der Waals surface area contributed by atoms with Gasteiger partial charge in [0.25, 0.3) is 5.91 Å². The topological polar surface area (TPSA) is 77.6 Å². The summed E-state index contributed by atoms with van der Waals surface area (Å²) in [5.74, 6) is 0.151. The van der Waals surface area contributed by atoms with Crippen LogP contribution in [0, 0.1) is 0 Å². The monoisotopic (exact) mass is 520 g/mol. The number of carbonyl (C=O) groups excluding carboxylic acids is 1. The molecule has 3 heterocycles. The molecule has 2 aromatic carbocycles. The van der Waals surface area contributed by atoms with Crippen molar-refractivity contribution in [2.75, 3.05) is 0 Å². The Kier molecular flexibility index (Phi) is 6.05. The molecule has 2 aromatic heterocycles. The second kappa shape index (κ2) is 8.99. The van der Waals surface area contributed by atoms with E-state index >= 15 is 0 Å². The number of imidazole rings is 1. The molecule has 1 aliphatic rings. The van der Waals surface area contributed by atoms with Crippen molar-refractivity contribution in [2.45, 2.75) is 25.4 Å². The van der Waals surface area contributed by atoms with E-state index in [1.165, 1.54) is 11.0 Å². The zero-order chi connectivity index (χ0) is 23.1. The molecule has 0 bridgehead atoms. The van der Waals surface area contributed by atoms with E-state index in [0.717, 1.165) is 17.7 Å². The van der Waals surface area contributed by atoms with E-state index < -0.39 is 11.9 Å². The van der Waals surface area contributed by atoms with Crippen molar-refractivity contribution in [1.82, 2.24) is 29.6 Å². The van der Waals surface area contributed by atoms with Gasteiger partial charge < -0.3 is 5.32 Å². The van der Waals surface area contributed by atoms with E-state index in [4.69, 9.17) is 46.4 Å². The molecule has 168 valence electrons. The van der Waals surface area contributed by atoms with Crippen LogP contribution in [-0.4, -0.2) is 30.2 Å². The van der Waals surface area contributed by atoms with Crippen molar-refractivity contribution < 1.29 is 4.79 Å². The van der Waals surface area contributed by atoms with Gasteiger partial charge in [-0.2, -0.15) is 0 Å². The van der Waals surface area contributed by atoms with Crippen molar-refractivity contribution in [3.63, 3.8) is 0 Å². The Morgan fingerprint density at radius 2 is 1.82 bits per heavy atom. The maximum absolute atomic E-state index is 13.0. The lowest BCUT2D eigenvalue weighted by molar-refractivity contribution is 0.0922. The summed E-state index contributed by atoms with van der Waals surface area (Å²) in [7, 11) is 0. The van der Waals surface area contributed by atoms with E-state index in [9.17, 15) is 4.79 Å². The summed E-state index contributed by atoms with van der Waals surface area (Å²) in [6, 6.07) is 12.7. The second-order valence-corrected chi connectivity index (χ2v) is 9.08. The van der Waals surface area contributed by atoms with Gasteiger partial charge in [0, 0.05) is 15.6 Å². The first-order valence-electron chi connectivity index (χ1n) is 10.1. The lowest BCUT2D eigenvalue weighted by Crippen LogP contribution is -2.31. The fourth-order valence-corrected chi connectivity index (χ4v) is 4.81. The molecule has 1 atom stereocenters. The fraction of sp³-hybridized carbons (Fsp3) is 0.182. The molecule has 1 N–H and O–H groups in total. The number of aryl methyl sites for hydroxylation is 1. The van der Waals surface area contributed by atoms with Gasteiger partial charge in [-0.05, 0) is 36.6 Å². The van der Waals surface area contributed by atoms with E-state index in [2.05, 4.69) is 20.4 Å². The SMILES string of the molecule is O=C(NC1CCc2ccccc2-n2c1nc(Cl)c2Cl)c1ncn(Cc2c(Cl)cccc2Cl)n1. The highest BCUT2D eigenvalue weighted by atomic mass is 35.5. The lowest BCUT2D eigenvalue weighted by Gasteiger charge is -2.16. The first kappa shape index (κ1) is 22.2. The number of aromatic nitrogens is 5. The minimum absolute atomic E-state index is 0.0234. The first-order chi connectivity index (χ1) is 15.9. The zero-order valence-corrected chi connectivity index (χ0v) is 20.0. The average Bonchev–Trinajstić information content (AvgIpc) is 3.34. The Hall–Kier alpha value is -2.58. The molecule has 0 aliphatic carbocycles. The summed E-state index contributed by atoms with van der Waals surface area (Å²) in [4.78, 5) is 21.6. The Bertz CT molecular complexity index is 1340. The third kappa shape index (κ3) is 4.22. The number of nitrogens with one attached hydrogen (secondary N) is 1. The molecule has 0 saturated heterocycles. The maximum Gasteiger partial charge on any atom is 0.291 e. The molecule has 1 unspecified atom stereocenters. The number of hydrogen-bond acceptors (Lipinski definition) is 4. The van der Waals surface area contributed by atoms with Crippen molar-refractivity contribution >= 4 is 52.3 Å². The van der Waals surface area contributed by atoms with E-state index in [0.29, 0.717) is 33.0 Å². The molecular weight excluding hydrogens is 506 g/mol. The van der Waals surface area contributed by atoms with Crippen LogP contribution >= 0.6 is 46.4 Å². The average molecular weight is 522 g/mol. The number of rotatable bonds is 4. The smallest absolute Gasteiger partial charge is 0.291 e. The molecule has 1 amide bonds. The number of hydrogen-bond donors (Lipinski definition) is 1. The Morgan fingerprint density at radius 1 is 1.06 bits per heavy atom. The molecule has 1 aliphatic heterocycles. The highest BCUT2D eigenvalue weighted by Crippen LogP contribution is 2.36. The molecule has 11 heteroatoms. The Morgan fingerprint density at radius 3 is 2.61 bits per heavy atom. The van der Waals surface area contributed by atoms with E-state index in [1.807, 2.05) is 24.3 Å². The van der Waals surface area contributed by atoms with Gasteiger partial charge in [-0.25, -0.2) is 14.6 Å². The number of para-hydroxylation sites is 1. The number of carbonyl (C=O) groups is 1. The molecule has 7 nitrogen and oxygen atoms in total. The van der Waals surface area contributed by atoms with Crippen LogP contribution in [0.1, 0.15) is 40.0 Å². The van der Waals surface area contributed by atoms with Crippen LogP contribution in [-0.2, 0) is 13.0 Å². The minimum atomic E-state index is -0.434. The summed E-state index contributed by atoms with van der Waals surface area (Å²) in [5, 5.41) is 8.79. The number of nitrogens with zero attached hydrogens (tertiary/aromatic N) is 5. The van der Waals surface area contributed by atoms with Gasteiger partial charge in [0.15, 0.2) is 10.3 Å². The molecule has 0 saturated carbocycles. The van der Waals surface area contributed by atoms with Crippen molar-refractivity contribution in [3.05, 3.63) is 91.9 Å². The predicted molar refractivity (Wildman–Crippen MR) is 128 cm³/mol. The standard InChI is InChI=1S/C22H16Cl4N6O/c23-14-5-3-6-15(24)13(14)10-31-11-27-20(30-31)22(33)28-16-9-8-12-4-1-2-7-17(12)32-19(26)18(25)29-21(16)32/h1-7,11,16H,8-10H2,(H,28,33). The zero-order valence-electron chi connectivity index (χ0n) is 17.0. The third-order valence-electron chi connectivity index (χ3n) is 5.48. The largest absolute Gasteiger partial charge is 0.339 e. The van der Waals surface area contributed by atoms with Crippen LogP contribution in [0.4, 0.5) is 0 Å². The Labute approximate surface area is 209 Å². The van der Waals surface area contributed by atoms with Gasteiger partial charge in [-0.1, -0.05) is 70.7 Å². The summed E-state index contributed by atoms with van der Waals surface area (Å²) >= 11 is 25.2. The minimum Gasteiger partial charge on any atom is -0.339 e. The number of fused-ring (bicyclic) bond motifs is 3. The number of amides is 1. The van der Waals surface area contributed by atoms with Crippen LogP contribution in [0.15, 0.2) is 48.8 Å². The van der Waals surface area contributed by atoms with Gasteiger partial charge in [0.05, 0.1) is 18.3 Å². The van der Waals surface area contributed by atoms with Crippen LogP contribution in [0.3, 0.4) is 0 Å². The quantitative estimate of drug-likeness (QED) is 0.382. The summed E-state index contributed by atoms with van der Waals surface area (Å²) in [5.41, 5.74) is 2.68. The van der Waals surface area contributed by atoms with Crippen molar-refractivity contribution in [3.8, 4) is 5.69 Å². The van der Waals surface area contributed by atoms with Crippen LogP contribution in [0.5, 0.6) is 0 Å². The van der Waals surface area contributed by atoms with Gasteiger partial charge in [0.2, 0.25) is 5.82 Å². The summed E-state index contributed by atoms with van der Waals surface area (Å²) in [6.45, 7) is 0.285. The highest BCUT2D eigenvalue weighted by molar-refractivity contribution is 6.40. The molecule has 0 radical (unpaired) electrons. The summed E-state index contributed by atoms with van der Waals surface area (Å²) in [6.07, 6.45) is 2.81. The Balaban J connectivity index is 1.39. The first-order valence-corrected chi connectivity index (χ1v) is 11.6. The predicted octanol–water partition coefficient (Wildman–Crippen LogP) is 5.54. The van der Waals surface area contributed by atoms with Gasteiger partial charge in [-0.3, -0.25) is 9.36 Å². The van der Waals surface area contributed by atoms with Crippen LogP contribution in [0.25, 0.3) is 5.69 Å². The van der Waals surface area contributed by atoms with Crippen molar-refractivity contribution in [1.29, 1.82) is 0 Å². The molecular formula is C22H16Cl4N6O. The summed E-state index contributed by atoms with van der Waals surface area (Å²) < 4.78 is 3.29. The second-order valence-electron chi connectivity index (χ2n) is 7.55. The van der Waals surface area contributed by atoms with Crippen LogP contribution < -0.4 is 5.32 Å². The highest BCUT2D eigenvalue weighted by Gasteiger charge is 2.29. The molecule has 33 heavy (non-hydrogen) atoms. The maximum atomic E-state index is 13.0. The van der Waals surface area contributed by atoms with Crippen molar-refractivity contribution in [2.24, 2.45) is 0 Å².